The lowest BCUT2D eigenvalue weighted by Crippen LogP contribution is -2.24. The average Bonchev–Trinajstić information content (AvgIpc) is 2.25. The molecule has 15 heavy (non-hydrogen) atoms. The van der Waals surface area contributed by atoms with Gasteiger partial charge >= 0.3 is 0 Å². The van der Waals surface area contributed by atoms with Gasteiger partial charge in [-0.1, -0.05) is 37.6 Å². The van der Waals surface area contributed by atoms with Gasteiger partial charge in [-0.3, -0.25) is 4.79 Å². The van der Waals surface area contributed by atoms with E-state index in [2.05, 4.69) is 6.92 Å². The first-order chi connectivity index (χ1) is 7.20. The molecule has 0 aliphatic rings. The molecule has 0 amide bonds. The van der Waals surface area contributed by atoms with Gasteiger partial charge in [-0.2, -0.15) is 0 Å². The van der Waals surface area contributed by atoms with Crippen LogP contribution in [0.5, 0.6) is 0 Å². The highest BCUT2D eigenvalue weighted by molar-refractivity contribution is 5.99. The molecule has 0 radical (unpaired) electrons. The SMILES string of the molecule is CCCC(CN)C(=O)c1ccccc1C. The van der Waals surface area contributed by atoms with Gasteiger partial charge in [0.15, 0.2) is 5.78 Å². The number of Topliss-reactive ketones (excluding diaryl/α,β-unsaturated/α-hetero) is 1. The summed E-state index contributed by atoms with van der Waals surface area (Å²) in [5.41, 5.74) is 7.49. The summed E-state index contributed by atoms with van der Waals surface area (Å²) in [5, 5.41) is 0. The van der Waals surface area contributed by atoms with Gasteiger partial charge in [-0.05, 0) is 18.9 Å². The molecule has 1 atom stereocenters. The number of benzene rings is 1. The molecule has 0 saturated heterocycles. The highest BCUT2D eigenvalue weighted by atomic mass is 16.1. The van der Waals surface area contributed by atoms with E-state index >= 15 is 0 Å². The quantitative estimate of drug-likeness (QED) is 0.751. The van der Waals surface area contributed by atoms with Crippen molar-refractivity contribution < 1.29 is 4.79 Å². The van der Waals surface area contributed by atoms with Crippen molar-refractivity contribution >= 4 is 5.78 Å². The lowest BCUT2D eigenvalue weighted by Gasteiger charge is -2.13. The number of hydrogen-bond acceptors (Lipinski definition) is 2. The fourth-order valence-corrected chi connectivity index (χ4v) is 1.77. The largest absolute Gasteiger partial charge is 0.330 e. The number of aryl methyl sites for hydroxylation is 1. The molecule has 0 spiro atoms. The van der Waals surface area contributed by atoms with E-state index in [9.17, 15) is 4.79 Å². The van der Waals surface area contributed by atoms with Crippen molar-refractivity contribution in [2.45, 2.75) is 26.7 Å². The van der Waals surface area contributed by atoms with Crippen LogP contribution in [0.1, 0.15) is 35.7 Å². The zero-order chi connectivity index (χ0) is 11.3. The Morgan fingerprint density at radius 1 is 1.40 bits per heavy atom. The highest BCUT2D eigenvalue weighted by Crippen LogP contribution is 2.16. The Labute approximate surface area is 91.5 Å². The maximum absolute atomic E-state index is 12.1. The summed E-state index contributed by atoms with van der Waals surface area (Å²) in [7, 11) is 0. The van der Waals surface area contributed by atoms with Crippen LogP contribution in [0.2, 0.25) is 0 Å². The maximum Gasteiger partial charge on any atom is 0.167 e. The Kier molecular flexibility index (Phi) is 4.50. The second-order valence-electron chi connectivity index (χ2n) is 3.90. The van der Waals surface area contributed by atoms with E-state index in [4.69, 9.17) is 5.73 Å². The van der Waals surface area contributed by atoms with Crippen LogP contribution in [0.4, 0.5) is 0 Å². The van der Waals surface area contributed by atoms with Crippen molar-refractivity contribution in [3.8, 4) is 0 Å². The van der Waals surface area contributed by atoms with Crippen LogP contribution in [-0.4, -0.2) is 12.3 Å². The molecule has 0 bridgehead atoms. The molecule has 0 aliphatic heterocycles. The van der Waals surface area contributed by atoms with Crippen LogP contribution < -0.4 is 5.73 Å². The molecular formula is C13H19NO. The van der Waals surface area contributed by atoms with E-state index in [1.807, 2.05) is 31.2 Å². The highest BCUT2D eigenvalue weighted by Gasteiger charge is 2.18. The van der Waals surface area contributed by atoms with Crippen LogP contribution in [0.15, 0.2) is 24.3 Å². The number of carbonyl (C=O) groups excluding carboxylic acids is 1. The van der Waals surface area contributed by atoms with Crippen molar-refractivity contribution in [2.75, 3.05) is 6.54 Å². The van der Waals surface area contributed by atoms with E-state index in [0.717, 1.165) is 24.0 Å². The summed E-state index contributed by atoms with van der Waals surface area (Å²) < 4.78 is 0. The van der Waals surface area contributed by atoms with Crippen molar-refractivity contribution in [3.05, 3.63) is 35.4 Å². The van der Waals surface area contributed by atoms with E-state index in [-0.39, 0.29) is 11.7 Å². The summed E-state index contributed by atoms with van der Waals surface area (Å²) in [6.07, 6.45) is 1.88. The number of ketones is 1. The molecule has 0 fully saturated rings. The molecule has 1 unspecified atom stereocenters. The molecule has 2 N–H and O–H groups in total. The average molecular weight is 205 g/mol. The summed E-state index contributed by atoms with van der Waals surface area (Å²) >= 11 is 0. The van der Waals surface area contributed by atoms with E-state index in [1.54, 1.807) is 0 Å². The van der Waals surface area contributed by atoms with Gasteiger partial charge in [0.2, 0.25) is 0 Å². The first-order valence-corrected chi connectivity index (χ1v) is 5.50. The van der Waals surface area contributed by atoms with Gasteiger partial charge < -0.3 is 5.73 Å². The van der Waals surface area contributed by atoms with Gasteiger partial charge in [0.05, 0.1) is 0 Å². The Hall–Kier alpha value is -1.15. The number of nitrogens with two attached hydrogens (primary N) is 1. The third-order valence-electron chi connectivity index (χ3n) is 2.70. The van der Waals surface area contributed by atoms with Crippen LogP contribution in [0, 0.1) is 12.8 Å². The lowest BCUT2D eigenvalue weighted by atomic mass is 9.91. The fourth-order valence-electron chi connectivity index (χ4n) is 1.77. The van der Waals surface area contributed by atoms with Crippen LogP contribution in [-0.2, 0) is 0 Å². The maximum atomic E-state index is 12.1. The molecule has 1 aromatic rings. The minimum Gasteiger partial charge on any atom is -0.330 e. The monoisotopic (exact) mass is 205 g/mol. The van der Waals surface area contributed by atoms with Gasteiger partial charge in [-0.15, -0.1) is 0 Å². The number of rotatable bonds is 5. The predicted molar refractivity (Wildman–Crippen MR) is 63.0 cm³/mol. The van der Waals surface area contributed by atoms with Crippen LogP contribution >= 0.6 is 0 Å². The Morgan fingerprint density at radius 3 is 2.60 bits per heavy atom. The molecule has 0 heterocycles. The lowest BCUT2D eigenvalue weighted by molar-refractivity contribution is 0.0917. The molecule has 82 valence electrons. The summed E-state index contributed by atoms with van der Waals surface area (Å²) in [6.45, 7) is 4.49. The molecular weight excluding hydrogens is 186 g/mol. The van der Waals surface area contributed by atoms with E-state index < -0.39 is 0 Å². The minimum absolute atomic E-state index is 0.0175. The Bertz CT molecular complexity index is 333. The van der Waals surface area contributed by atoms with E-state index in [1.165, 1.54) is 0 Å². The van der Waals surface area contributed by atoms with Crippen LogP contribution in [0.3, 0.4) is 0 Å². The smallest absolute Gasteiger partial charge is 0.167 e. The minimum atomic E-state index is -0.0175. The Balaban J connectivity index is 2.88. The second kappa shape index (κ2) is 5.66. The van der Waals surface area contributed by atoms with Crippen molar-refractivity contribution in [3.63, 3.8) is 0 Å². The summed E-state index contributed by atoms with van der Waals surface area (Å²) in [4.78, 5) is 12.1. The molecule has 0 saturated carbocycles. The third-order valence-corrected chi connectivity index (χ3v) is 2.70. The van der Waals surface area contributed by atoms with Crippen molar-refractivity contribution in [2.24, 2.45) is 11.7 Å². The van der Waals surface area contributed by atoms with E-state index in [0.29, 0.717) is 6.54 Å². The van der Waals surface area contributed by atoms with Crippen molar-refractivity contribution in [1.82, 2.24) is 0 Å². The fraction of sp³-hybridized carbons (Fsp3) is 0.462. The third kappa shape index (κ3) is 2.90. The second-order valence-corrected chi connectivity index (χ2v) is 3.90. The first kappa shape index (κ1) is 11.9. The summed E-state index contributed by atoms with van der Waals surface area (Å²) in [6, 6.07) is 7.70. The standard InChI is InChI=1S/C13H19NO/c1-3-6-11(9-14)13(15)12-8-5-4-7-10(12)2/h4-5,7-8,11H,3,6,9,14H2,1-2H3. The molecule has 1 rings (SSSR count). The Morgan fingerprint density at radius 2 is 2.07 bits per heavy atom. The van der Waals surface area contributed by atoms with Gasteiger partial charge in [0.1, 0.15) is 0 Å². The predicted octanol–water partition coefficient (Wildman–Crippen LogP) is 2.55. The van der Waals surface area contributed by atoms with Gasteiger partial charge in [0, 0.05) is 18.0 Å². The molecule has 1 aromatic carbocycles. The van der Waals surface area contributed by atoms with Gasteiger partial charge in [-0.25, -0.2) is 0 Å². The molecule has 0 aliphatic carbocycles. The molecule has 2 heteroatoms. The molecule has 2 nitrogen and oxygen atoms in total. The molecule has 0 aromatic heterocycles. The zero-order valence-electron chi connectivity index (χ0n) is 9.49. The number of carbonyl (C=O) groups is 1. The normalized spacial score (nSPS) is 12.5. The van der Waals surface area contributed by atoms with Crippen LogP contribution in [0.25, 0.3) is 0 Å². The first-order valence-electron chi connectivity index (χ1n) is 5.50. The van der Waals surface area contributed by atoms with Crippen molar-refractivity contribution in [1.29, 1.82) is 0 Å². The zero-order valence-corrected chi connectivity index (χ0v) is 9.49. The van der Waals surface area contributed by atoms with Gasteiger partial charge in [0.25, 0.3) is 0 Å². The topological polar surface area (TPSA) is 43.1 Å². The summed E-state index contributed by atoms with van der Waals surface area (Å²) in [5.74, 6) is 0.175. The number of hydrogen-bond donors (Lipinski definition) is 1.